The quantitative estimate of drug-likeness (QED) is 0.325. The molecule has 1 saturated heterocycles. The smallest absolute Gasteiger partial charge is 0.193 e. The molecular weight excluding hydrogens is 416 g/mol. The molecule has 2 aromatic carbocycles. The minimum atomic E-state index is -0.112. The fraction of sp³-hybridized carbons (Fsp3) is 0.407. The second kappa shape index (κ2) is 9.97. The normalized spacial score (nSPS) is 15.3. The number of unbranched alkanes of at least 4 members (excludes halogenated alkanes) is 2. The van der Waals surface area contributed by atoms with Crippen molar-refractivity contribution in [3.05, 3.63) is 64.7 Å². The number of piperidine rings is 1. The van der Waals surface area contributed by atoms with Crippen LogP contribution in [0.15, 0.2) is 42.5 Å². The number of nitrogens with two attached hydrogens (primary N) is 1. The maximum Gasteiger partial charge on any atom is 0.193 e. The van der Waals surface area contributed by atoms with Crippen LogP contribution >= 0.6 is 11.3 Å². The number of carbonyl (C=O) groups is 2. The van der Waals surface area contributed by atoms with Gasteiger partial charge in [0.2, 0.25) is 0 Å². The third-order valence-electron chi connectivity index (χ3n) is 6.64. The molecule has 168 valence electrons. The van der Waals surface area contributed by atoms with E-state index in [0.29, 0.717) is 22.6 Å². The van der Waals surface area contributed by atoms with Crippen LogP contribution in [0.4, 0.5) is 5.00 Å². The Hall–Kier alpha value is -2.50. The highest BCUT2D eigenvalue weighted by molar-refractivity contribution is 7.22. The van der Waals surface area contributed by atoms with Gasteiger partial charge in [-0.3, -0.25) is 9.59 Å². The van der Waals surface area contributed by atoms with E-state index < -0.39 is 0 Å². The summed E-state index contributed by atoms with van der Waals surface area (Å²) >= 11 is 1.61. The summed E-state index contributed by atoms with van der Waals surface area (Å²) in [6.07, 6.45) is 6.04. The summed E-state index contributed by atoms with van der Waals surface area (Å²) in [5.41, 5.74) is 9.26. The second-order valence-corrected chi connectivity index (χ2v) is 9.93. The number of hydrogen-bond acceptors (Lipinski definition) is 5. The minimum Gasteiger partial charge on any atom is -0.390 e. The molecule has 0 radical (unpaired) electrons. The first kappa shape index (κ1) is 22.7. The summed E-state index contributed by atoms with van der Waals surface area (Å²) in [6, 6.07) is 12.9. The van der Waals surface area contributed by atoms with Crippen LogP contribution in [-0.4, -0.2) is 36.1 Å². The Morgan fingerprint density at radius 1 is 1.06 bits per heavy atom. The van der Waals surface area contributed by atoms with Gasteiger partial charge in [-0.1, -0.05) is 44.0 Å². The lowest BCUT2D eigenvalue weighted by Crippen LogP contribution is -2.33. The molecule has 0 atom stereocenters. The topological polar surface area (TPSA) is 63.4 Å². The molecule has 0 saturated carbocycles. The van der Waals surface area contributed by atoms with Crippen LogP contribution in [-0.2, 0) is 0 Å². The molecule has 5 heteroatoms. The number of rotatable bonds is 8. The fourth-order valence-corrected chi connectivity index (χ4v) is 5.91. The molecule has 1 aromatic heterocycles. The van der Waals surface area contributed by atoms with Crippen molar-refractivity contribution >= 4 is 38.0 Å². The van der Waals surface area contributed by atoms with E-state index in [4.69, 9.17) is 5.73 Å². The summed E-state index contributed by atoms with van der Waals surface area (Å²) in [6.45, 7) is 7.15. The highest BCUT2D eigenvalue weighted by Gasteiger charge is 2.26. The van der Waals surface area contributed by atoms with Gasteiger partial charge in [-0.25, -0.2) is 0 Å². The molecule has 4 rings (SSSR count). The molecule has 2 N–H and O–H groups in total. The molecule has 0 amide bonds. The lowest BCUT2D eigenvalue weighted by Gasteiger charge is -2.32. The van der Waals surface area contributed by atoms with Gasteiger partial charge in [-0.05, 0) is 80.9 Å². The number of hydrogen-bond donors (Lipinski definition) is 1. The van der Waals surface area contributed by atoms with E-state index in [2.05, 4.69) is 11.8 Å². The lowest BCUT2D eigenvalue weighted by molar-refractivity contribution is 0.0990. The Morgan fingerprint density at radius 2 is 1.78 bits per heavy atom. The first-order valence-corrected chi connectivity index (χ1v) is 12.5. The van der Waals surface area contributed by atoms with Gasteiger partial charge in [0.1, 0.15) is 0 Å². The average molecular weight is 449 g/mol. The molecular formula is C27H32N2O2S. The summed E-state index contributed by atoms with van der Waals surface area (Å²) in [5, 5.41) is 1.97. The van der Waals surface area contributed by atoms with Gasteiger partial charge in [0.25, 0.3) is 0 Å². The number of benzene rings is 2. The van der Waals surface area contributed by atoms with Crippen LogP contribution in [0.3, 0.4) is 0 Å². The molecule has 1 aliphatic heterocycles. The van der Waals surface area contributed by atoms with Crippen molar-refractivity contribution in [2.45, 2.75) is 51.9 Å². The number of fused-ring (bicyclic) bond motifs is 1. The van der Waals surface area contributed by atoms with E-state index in [-0.39, 0.29) is 11.6 Å². The lowest BCUT2D eigenvalue weighted by atomic mass is 9.87. The summed E-state index contributed by atoms with van der Waals surface area (Å²) in [4.78, 5) is 27.9. The number of ketones is 2. The van der Waals surface area contributed by atoms with Gasteiger partial charge >= 0.3 is 0 Å². The molecule has 0 unspecified atom stereocenters. The first-order chi connectivity index (χ1) is 15.5. The number of anilines is 1. The highest BCUT2D eigenvalue weighted by Crippen LogP contribution is 2.42. The van der Waals surface area contributed by atoms with Crippen LogP contribution < -0.4 is 5.73 Å². The van der Waals surface area contributed by atoms with E-state index in [0.717, 1.165) is 41.0 Å². The summed E-state index contributed by atoms with van der Waals surface area (Å²) < 4.78 is 1.12. The van der Waals surface area contributed by atoms with Crippen molar-refractivity contribution in [1.29, 1.82) is 0 Å². The van der Waals surface area contributed by atoms with E-state index in [9.17, 15) is 9.59 Å². The standard InChI is InChI=1S/C27H32N2O2S/c1-3-4-7-14-29-15-12-19(13-16-29)25-23-17-20(10-11-24(23)32-27(25)28)26(31)22-9-6-5-8-21(22)18(2)30/h5-6,8-11,17,19H,3-4,7,12-16,28H2,1-2H3. The van der Waals surface area contributed by atoms with E-state index in [1.54, 1.807) is 35.6 Å². The molecule has 0 aliphatic carbocycles. The number of thiophene rings is 1. The van der Waals surface area contributed by atoms with Crippen LogP contribution in [0.5, 0.6) is 0 Å². The van der Waals surface area contributed by atoms with Crippen molar-refractivity contribution in [2.75, 3.05) is 25.4 Å². The van der Waals surface area contributed by atoms with Gasteiger partial charge in [-0.2, -0.15) is 0 Å². The number of carbonyl (C=O) groups excluding carboxylic acids is 2. The Balaban J connectivity index is 1.60. The van der Waals surface area contributed by atoms with Crippen molar-refractivity contribution in [3.8, 4) is 0 Å². The molecule has 0 spiro atoms. The molecule has 32 heavy (non-hydrogen) atoms. The molecule has 1 fully saturated rings. The van der Waals surface area contributed by atoms with Crippen molar-refractivity contribution < 1.29 is 9.59 Å². The molecule has 2 heterocycles. The van der Waals surface area contributed by atoms with E-state index in [1.807, 2.05) is 18.2 Å². The third-order valence-corrected chi connectivity index (χ3v) is 7.66. The number of nitrogen functional groups attached to an aromatic ring is 1. The number of likely N-dealkylation sites (tertiary alicyclic amines) is 1. The molecule has 1 aliphatic rings. The Labute approximate surface area is 194 Å². The van der Waals surface area contributed by atoms with Crippen LogP contribution in [0, 0.1) is 0 Å². The predicted molar refractivity (Wildman–Crippen MR) is 134 cm³/mol. The maximum absolute atomic E-state index is 13.3. The SMILES string of the molecule is CCCCCN1CCC(c2c(N)sc3ccc(C(=O)c4ccccc4C(C)=O)cc23)CC1. The monoisotopic (exact) mass is 448 g/mol. The number of Topliss-reactive ketones (excluding diaryl/α,β-unsaturated/α-hetero) is 1. The van der Waals surface area contributed by atoms with Gasteiger partial charge in [0.15, 0.2) is 11.6 Å². The van der Waals surface area contributed by atoms with Crippen molar-refractivity contribution in [3.63, 3.8) is 0 Å². The highest BCUT2D eigenvalue weighted by atomic mass is 32.1. The summed E-state index contributed by atoms with van der Waals surface area (Å²) in [5.74, 6) is 0.224. The summed E-state index contributed by atoms with van der Waals surface area (Å²) in [7, 11) is 0. The maximum atomic E-state index is 13.3. The van der Waals surface area contributed by atoms with Crippen molar-refractivity contribution in [2.24, 2.45) is 0 Å². The first-order valence-electron chi connectivity index (χ1n) is 11.7. The van der Waals surface area contributed by atoms with Crippen LogP contribution in [0.2, 0.25) is 0 Å². The zero-order chi connectivity index (χ0) is 22.7. The Bertz CT molecular complexity index is 1130. The van der Waals surface area contributed by atoms with Crippen LogP contribution in [0.1, 0.15) is 83.7 Å². The molecule has 4 nitrogen and oxygen atoms in total. The third kappa shape index (κ3) is 4.64. The largest absolute Gasteiger partial charge is 0.390 e. The van der Waals surface area contributed by atoms with Crippen molar-refractivity contribution in [1.82, 2.24) is 4.90 Å². The fourth-order valence-electron chi connectivity index (χ4n) is 4.87. The van der Waals surface area contributed by atoms with Gasteiger partial charge < -0.3 is 10.6 Å². The van der Waals surface area contributed by atoms with Crippen LogP contribution in [0.25, 0.3) is 10.1 Å². The zero-order valence-corrected chi connectivity index (χ0v) is 19.8. The minimum absolute atomic E-state index is 0.0961. The van der Waals surface area contributed by atoms with E-state index >= 15 is 0 Å². The number of nitrogens with zero attached hydrogens (tertiary/aromatic N) is 1. The van der Waals surface area contributed by atoms with Gasteiger partial charge in [-0.15, -0.1) is 11.3 Å². The van der Waals surface area contributed by atoms with Gasteiger partial charge in [0, 0.05) is 21.4 Å². The molecule has 3 aromatic rings. The second-order valence-electron chi connectivity index (χ2n) is 8.84. The Morgan fingerprint density at radius 3 is 2.47 bits per heavy atom. The average Bonchev–Trinajstić information content (AvgIpc) is 3.14. The van der Waals surface area contributed by atoms with E-state index in [1.165, 1.54) is 38.3 Å². The predicted octanol–water partition coefficient (Wildman–Crippen LogP) is 6.29. The van der Waals surface area contributed by atoms with Gasteiger partial charge in [0.05, 0.1) is 5.00 Å². The zero-order valence-electron chi connectivity index (χ0n) is 19.0. The molecule has 0 bridgehead atoms. The Kier molecular flexibility index (Phi) is 7.07.